The summed E-state index contributed by atoms with van der Waals surface area (Å²) in [4.78, 5) is 8.23. The quantitative estimate of drug-likeness (QED) is 0.572. The number of aryl methyl sites for hydroxylation is 2. The first-order chi connectivity index (χ1) is 14.4. The highest BCUT2D eigenvalue weighted by atomic mass is 32.2. The predicted octanol–water partition coefficient (Wildman–Crippen LogP) is 3.19. The summed E-state index contributed by atoms with van der Waals surface area (Å²) in [6.45, 7) is 5.82. The maximum Gasteiger partial charge on any atom is 0.244 e. The molecule has 160 valence electrons. The monoisotopic (exact) mass is 448 g/mol. The van der Waals surface area contributed by atoms with Crippen molar-refractivity contribution in [2.75, 3.05) is 38.2 Å². The molecule has 1 fully saturated rings. The number of nitrogens with zero attached hydrogens (tertiary/aromatic N) is 4. The largest absolute Gasteiger partial charge is 0.497 e. The van der Waals surface area contributed by atoms with Crippen LogP contribution in [0.2, 0.25) is 0 Å². The Morgan fingerprint density at radius 1 is 1.20 bits per heavy atom. The molecule has 1 aromatic carbocycles. The minimum Gasteiger partial charge on any atom is -0.497 e. The molecule has 2 aromatic heterocycles. The molecule has 0 aliphatic carbocycles. The van der Waals surface area contributed by atoms with Gasteiger partial charge in [0.1, 0.15) is 5.75 Å². The summed E-state index contributed by atoms with van der Waals surface area (Å²) < 4.78 is 38.6. The van der Waals surface area contributed by atoms with Crippen molar-refractivity contribution in [3.63, 3.8) is 0 Å². The highest BCUT2D eigenvalue weighted by Crippen LogP contribution is 2.34. The molecule has 0 spiro atoms. The van der Waals surface area contributed by atoms with Gasteiger partial charge in [-0.25, -0.2) is 8.42 Å². The van der Waals surface area contributed by atoms with Crippen molar-refractivity contribution in [1.29, 1.82) is 0 Å². The van der Waals surface area contributed by atoms with E-state index in [1.807, 2.05) is 38.1 Å². The van der Waals surface area contributed by atoms with Gasteiger partial charge in [0, 0.05) is 49.2 Å². The summed E-state index contributed by atoms with van der Waals surface area (Å²) in [5, 5.41) is 3.96. The zero-order chi connectivity index (χ0) is 21.3. The lowest BCUT2D eigenvalue weighted by atomic mass is 10.2. The van der Waals surface area contributed by atoms with Gasteiger partial charge >= 0.3 is 0 Å². The van der Waals surface area contributed by atoms with Gasteiger partial charge < -0.3 is 14.2 Å². The van der Waals surface area contributed by atoms with Crippen LogP contribution in [-0.2, 0) is 16.4 Å². The number of benzene rings is 1. The molecule has 1 saturated heterocycles. The van der Waals surface area contributed by atoms with Crippen LogP contribution >= 0.6 is 11.3 Å². The topological polar surface area (TPSA) is 88.8 Å². The second kappa shape index (κ2) is 8.37. The van der Waals surface area contributed by atoms with Crippen molar-refractivity contribution >= 4 is 27.0 Å². The molecule has 30 heavy (non-hydrogen) atoms. The third kappa shape index (κ3) is 3.94. The fraction of sp³-hybridized carbons (Fsp3) is 0.400. The first-order valence-electron chi connectivity index (χ1n) is 9.75. The highest BCUT2D eigenvalue weighted by Gasteiger charge is 2.31. The minimum atomic E-state index is -3.59. The molecule has 0 atom stereocenters. The molecule has 0 unspecified atom stereocenters. The van der Waals surface area contributed by atoms with Crippen molar-refractivity contribution in [3.05, 3.63) is 41.1 Å². The molecule has 8 nitrogen and oxygen atoms in total. The Hall–Kier alpha value is -2.43. The standard InChI is InChI=1S/C20H24N4O4S2/c1-4-19-21-20(22-28-19)17-13-18(14(2)29-17)30(25,26)24-10-8-23(9-11-24)15-6-5-7-16(12-15)27-3/h5-7,12-13H,4,8-11H2,1-3H3. The number of methoxy groups -OCH3 is 1. The maximum atomic E-state index is 13.3. The number of hydrogen-bond acceptors (Lipinski definition) is 8. The van der Waals surface area contributed by atoms with Gasteiger partial charge in [0.2, 0.25) is 21.7 Å². The number of hydrogen-bond donors (Lipinski definition) is 0. The molecular weight excluding hydrogens is 424 g/mol. The molecule has 4 rings (SSSR count). The van der Waals surface area contributed by atoms with Crippen LogP contribution in [-0.4, -0.2) is 56.2 Å². The number of sulfonamides is 1. The zero-order valence-electron chi connectivity index (χ0n) is 17.2. The van der Waals surface area contributed by atoms with Crippen molar-refractivity contribution < 1.29 is 17.7 Å². The smallest absolute Gasteiger partial charge is 0.244 e. The van der Waals surface area contributed by atoms with E-state index < -0.39 is 10.0 Å². The lowest BCUT2D eigenvalue weighted by Gasteiger charge is -2.35. The number of rotatable bonds is 6. The lowest BCUT2D eigenvalue weighted by molar-refractivity contribution is 0.382. The molecule has 0 amide bonds. The van der Waals surface area contributed by atoms with E-state index in [0.717, 1.165) is 16.3 Å². The first-order valence-corrected chi connectivity index (χ1v) is 12.0. The second-order valence-electron chi connectivity index (χ2n) is 6.99. The fourth-order valence-electron chi connectivity index (χ4n) is 3.46. The molecule has 0 radical (unpaired) electrons. The number of anilines is 1. The Morgan fingerprint density at radius 3 is 2.63 bits per heavy atom. The third-order valence-electron chi connectivity index (χ3n) is 5.14. The third-order valence-corrected chi connectivity index (χ3v) is 8.34. The normalized spacial score (nSPS) is 15.5. The molecule has 10 heteroatoms. The Kier molecular flexibility index (Phi) is 5.81. The van der Waals surface area contributed by atoms with Crippen LogP contribution in [0.1, 0.15) is 17.7 Å². The van der Waals surface area contributed by atoms with Crippen LogP contribution in [0.25, 0.3) is 10.7 Å². The van der Waals surface area contributed by atoms with Crippen LogP contribution in [0, 0.1) is 6.92 Å². The molecule has 1 aliphatic rings. The van der Waals surface area contributed by atoms with Gasteiger partial charge in [-0.15, -0.1) is 11.3 Å². The number of thiophene rings is 1. The van der Waals surface area contributed by atoms with Crippen LogP contribution in [0.5, 0.6) is 5.75 Å². The summed E-state index contributed by atoms with van der Waals surface area (Å²) in [7, 11) is -1.95. The van der Waals surface area contributed by atoms with Crippen LogP contribution < -0.4 is 9.64 Å². The van der Waals surface area contributed by atoms with E-state index in [4.69, 9.17) is 9.26 Å². The summed E-state index contributed by atoms with van der Waals surface area (Å²) in [6, 6.07) is 9.48. The van der Waals surface area contributed by atoms with Gasteiger partial charge in [0.05, 0.1) is 16.9 Å². The van der Waals surface area contributed by atoms with E-state index >= 15 is 0 Å². The lowest BCUT2D eigenvalue weighted by Crippen LogP contribution is -2.48. The van der Waals surface area contributed by atoms with Crippen molar-refractivity contribution in [2.45, 2.75) is 25.2 Å². The van der Waals surface area contributed by atoms with Crippen LogP contribution in [0.15, 0.2) is 39.8 Å². The Labute approximate surface area is 180 Å². The highest BCUT2D eigenvalue weighted by molar-refractivity contribution is 7.89. The van der Waals surface area contributed by atoms with E-state index in [2.05, 4.69) is 15.0 Å². The van der Waals surface area contributed by atoms with Gasteiger partial charge in [-0.2, -0.15) is 9.29 Å². The molecule has 3 heterocycles. The van der Waals surface area contributed by atoms with Gasteiger partial charge in [-0.3, -0.25) is 0 Å². The Morgan fingerprint density at radius 2 is 1.97 bits per heavy atom. The maximum absolute atomic E-state index is 13.3. The first kappa shape index (κ1) is 20.8. The van der Waals surface area contributed by atoms with E-state index in [1.165, 1.54) is 11.3 Å². The van der Waals surface area contributed by atoms with Crippen LogP contribution in [0.3, 0.4) is 0 Å². The summed E-state index contributed by atoms with van der Waals surface area (Å²) in [5.74, 6) is 1.76. The van der Waals surface area contributed by atoms with Gasteiger partial charge in [0.15, 0.2) is 0 Å². The number of ether oxygens (including phenoxy) is 1. The van der Waals surface area contributed by atoms with E-state index in [9.17, 15) is 8.42 Å². The molecule has 0 N–H and O–H groups in total. The SMILES string of the molecule is CCc1nc(-c2cc(S(=O)(=O)N3CCN(c4cccc(OC)c4)CC3)c(C)s2)no1. The fourth-order valence-corrected chi connectivity index (χ4v) is 6.37. The van der Waals surface area contributed by atoms with Crippen LogP contribution in [0.4, 0.5) is 5.69 Å². The van der Waals surface area contributed by atoms with E-state index in [-0.39, 0.29) is 0 Å². The average molecular weight is 449 g/mol. The molecule has 1 aliphatic heterocycles. The van der Waals surface area contributed by atoms with Crippen molar-refractivity contribution in [1.82, 2.24) is 14.4 Å². The summed E-state index contributed by atoms with van der Waals surface area (Å²) >= 11 is 1.37. The average Bonchev–Trinajstić information content (AvgIpc) is 3.40. The van der Waals surface area contributed by atoms with Gasteiger partial charge in [-0.05, 0) is 25.1 Å². The molecule has 3 aromatic rings. The summed E-state index contributed by atoms with van der Waals surface area (Å²) in [6.07, 6.45) is 0.639. The Balaban J connectivity index is 1.51. The van der Waals surface area contributed by atoms with Crippen molar-refractivity contribution in [3.8, 4) is 16.5 Å². The summed E-state index contributed by atoms with van der Waals surface area (Å²) in [5.41, 5.74) is 1.03. The van der Waals surface area contributed by atoms with Crippen molar-refractivity contribution in [2.24, 2.45) is 0 Å². The van der Waals surface area contributed by atoms with Gasteiger partial charge in [-0.1, -0.05) is 18.1 Å². The minimum absolute atomic E-state index is 0.320. The van der Waals surface area contributed by atoms with Gasteiger partial charge in [0.25, 0.3) is 0 Å². The zero-order valence-corrected chi connectivity index (χ0v) is 18.8. The van der Waals surface area contributed by atoms with E-state index in [1.54, 1.807) is 17.5 Å². The molecule has 0 bridgehead atoms. The predicted molar refractivity (Wildman–Crippen MR) is 116 cm³/mol. The number of aromatic nitrogens is 2. The number of piperazine rings is 1. The second-order valence-corrected chi connectivity index (χ2v) is 10.2. The van der Waals surface area contributed by atoms with E-state index in [0.29, 0.717) is 54.1 Å². The molecule has 0 saturated carbocycles. The molecular formula is C20H24N4O4S2. The Bertz CT molecular complexity index is 1130.